The second-order valence-corrected chi connectivity index (χ2v) is 3.04. The van der Waals surface area contributed by atoms with Crippen molar-refractivity contribution >= 4 is 12.0 Å². The Labute approximate surface area is 98.4 Å². The van der Waals surface area contributed by atoms with E-state index in [1.807, 2.05) is 18.2 Å². The number of anilines is 1. The lowest BCUT2D eigenvalue weighted by atomic mass is 10.4. The van der Waals surface area contributed by atoms with Crippen molar-refractivity contribution in [3.05, 3.63) is 42.5 Å². The third kappa shape index (κ3) is 2.97. The van der Waals surface area contributed by atoms with E-state index in [1.54, 1.807) is 24.8 Å². The van der Waals surface area contributed by atoms with Gasteiger partial charge in [0.15, 0.2) is 0 Å². The van der Waals surface area contributed by atoms with Gasteiger partial charge in [-0.1, -0.05) is 6.07 Å². The molecular formula is C11H11N5O. The van der Waals surface area contributed by atoms with Gasteiger partial charge in [0.05, 0.1) is 19.0 Å². The Kier molecular flexibility index (Phi) is 3.59. The van der Waals surface area contributed by atoms with Crippen molar-refractivity contribution in [3.63, 3.8) is 0 Å². The summed E-state index contributed by atoms with van der Waals surface area (Å²) in [5.41, 5.74) is 3.50. The number of pyridine rings is 1. The number of hydrogen-bond acceptors (Lipinski definition) is 6. The fourth-order valence-electron chi connectivity index (χ4n) is 1.16. The van der Waals surface area contributed by atoms with E-state index in [0.29, 0.717) is 11.7 Å². The van der Waals surface area contributed by atoms with Crippen LogP contribution in [0.3, 0.4) is 0 Å². The molecule has 0 fully saturated rings. The van der Waals surface area contributed by atoms with Crippen molar-refractivity contribution in [2.45, 2.75) is 0 Å². The first-order valence-corrected chi connectivity index (χ1v) is 4.95. The third-order valence-electron chi connectivity index (χ3n) is 1.91. The van der Waals surface area contributed by atoms with E-state index < -0.39 is 0 Å². The Balaban J connectivity index is 2.05. The van der Waals surface area contributed by atoms with Crippen LogP contribution in [0.25, 0.3) is 0 Å². The molecule has 0 atom stereocenters. The number of rotatable bonds is 4. The van der Waals surface area contributed by atoms with E-state index in [1.165, 1.54) is 7.11 Å². The Hall–Kier alpha value is -2.50. The summed E-state index contributed by atoms with van der Waals surface area (Å²) >= 11 is 0. The van der Waals surface area contributed by atoms with Gasteiger partial charge in [0, 0.05) is 18.6 Å². The van der Waals surface area contributed by atoms with Crippen LogP contribution in [0.2, 0.25) is 0 Å². The highest BCUT2D eigenvalue weighted by Crippen LogP contribution is 2.15. The van der Waals surface area contributed by atoms with E-state index in [9.17, 15) is 0 Å². The molecule has 0 bridgehead atoms. The molecule has 2 aromatic rings. The van der Waals surface area contributed by atoms with Crippen LogP contribution in [0.5, 0.6) is 5.88 Å². The molecule has 2 rings (SSSR count). The largest absolute Gasteiger partial charge is 0.478 e. The highest BCUT2D eigenvalue weighted by Gasteiger charge is 2.01. The van der Waals surface area contributed by atoms with Gasteiger partial charge in [-0.15, -0.1) is 0 Å². The monoisotopic (exact) mass is 229 g/mol. The quantitative estimate of drug-likeness (QED) is 0.632. The van der Waals surface area contributed by atoms with E-state index in [-0.39, 0.29) is 0 Å². The minimum Gasteiger partial charge on any atom is -0.478 e. The molecule has 0 aliphatic heterocycles. The second kappa shape index (κ2) is 5.55. The lowest BCUT2D eigenvalue weighted by molar-refractivity contribution is 0.398. The fraction of sp³-hybridized carbons (Fsp3) is 0.0909. The number of nitrogens with one attached hydrogen (secondary N) is 1. The van der Waals surface area contributed by atoms with Gasteiger partial charge < -0.3 is 4.74 Å². The van der Waals surface area contributed by atoms with Crippen LogP contribution in [0, 0.1) is 0 Å². The van der Waals surface area contributed by atoms with Crippen LogP contribution in [-0.4, -0.2) is 28.3 Å². The first-order chi connectivity index (χ1) is 8.40. The normalized spacial score (nSPS) is 10.4. The molecule has 0 radical (unpaired) electrons. The van der Waals surface area contributed by atoms with E-state index in [0.717, 1.165) is 5.69 Å². The maximum absolute atomic E-state index is 5.02. The Morgan fingerprint density at radius 3 is 2.82 bits per heavy atom. The van der Waals surface area contributed by atoms with Crippen molar-refractivity contribution in [2.24, 2.45) is 5.10 Å². The lowest BCUT2D eigenvalue weighted by Crippen LogP contribution is -1.99. The summed E-state index contributed by atoms with van der Waals surface area (Å²) in [6.07, 6.45) is 6.39. The van der Waals surface area contributed by atoms with Gasteiger partial charge in [0.1, 0.15) is 0 Å². The molecule has 0 aliphatic carbocycles. The number of aromatic nitrogens is 3. The molecule has 0 amide bonds. The van der Waals surface area contributed by atoms with Gasteiger partial charge in [-0.05, 0) is 12.1 Å². The zero-order valence-electron chi connectivity index (χ0n) is 9.24. The minimum absolute atomic E-state index is 0.394. The van der Waals surface area contributed by atoms with Crippen molar-refractivity contribution in [3.8, 4) is 5.88 Å². The van der Waals surface area contributed by atoms with Gasteiger partial charge in [0.2, 0.25) is 5.82 Å². The number of nitrogens with zero attached hydrogens (tertiary/aromatic N) is 4. The number of hydrazone groups is 1. The first kappa shape index (κ1) is 11.0. The molecule has 1 N–H and O–H groups in total. The average molecular weight is 229 g/mol. The van der Waals surface area contributed by atoms with Crippen LogP contribution in [-0.2, 0) is 0 Å². The number of methoxy groups -OCH3 is 1. The minimum atomic E-state index is 0.394. The maximum Gasteiger partial charge on any atom is 0.258 e. The topological polar surface area (TPSA) is 72.3 Å². The number of hydrogen-bond donors (Lipinski definition) is 1. The van der Waals surface area contributed by atoms with Crippen LogP contribution in [0.15, 0.2) is 41.9 Å². The Morgan fingerprint density at radius 1 is 1.18 bits per heavy atom. The summed E-state index contributed by atoms with van der Waals surface area (Å²) in [5, 5.41) is 4.00. The summed E-state index contributed by atoms with van der Waals surface area (Å²) in [6, 6.07) is 5.58. The summed E-state index contributed by atoms with van der Waals surface area (Å²) in [5.74, 6) is 0.854. The predicted octanol–water partition coefficient (Wildman–Crippen LogP) is 1.33. The SMILES string of the molecule is COc1nccnc1NN=Cc1ccccn1. The molecule has 6 heteroatoms. The van der Waals surface area contributed by atoms with E-state index >= 15 is 0 Å². The second-order valence-electron chi connectivity index (χ2n) is 3.04. The summed E-state index contributed by atoms with van der Waals surface area (Å²) in [7, 11) is 1.53. The van der Waals surface area contributed by atoms with Crippen molar-refractivity contribution < 1.29 is 4.74 Å². The van der Waals surface area contributed by atoms with Gasteiger partial charge in [-0.2, -0.15) is 5.10 Å². The van der Waals surface area contributed by atoms with E-state index in [2.05, 4.69) is 25.5 Å². The Bertz CT molecular complexity index is 500. The third-order valence-corrected chi connectivity index (χ3v) is 1.91. The van der Waals surface area contributed by atoms with E-state index in [4.69, 9.17) is 4.74 Å². The Morgan fingerprint density at radius 2 is 2.06 bits per heavy atom. The molecule has 0 unspecified atom stereocenters. The van der Waals surface area contributed by atoms with Crippen LogP contribution in [0.1, 0.15) is 5.69 Å². The molecule has 0 aliphatic rings. The summed E-state index contributed by atoms with van der Waals surface area (Å²) in [4.78, 5) is 12.1. The summed E-state index contributed by atoms with van der Waals surface area (Å²) < 4.78 is 5.02. The van der Waals surface area contributed by atoms with Crippen molar-refractivity contribution in [1.82, 2.24) is 15.0 Å². The smallest absolute Gasteiger partial charge is 0.258 e. The van der Waals surface area contributed by atoms with Crippen LogP contribution >= 0.6 is 0 Å². The molecule has 0 spiro atoms. The predicted molar refractivity (Wildman–Crippen MR) is 64.0 cm³/mol. The highest BCUT2D eigenvalue weighted by molar-refractivity contribution is 5.77. The average Bonchev–Trinajstić information content (AvgIpc) is 2.40. The molecule has 17 heavy (non-hydrogen) atoms. The maximum atomic E-state index is 5.02. The lowest BCUT2D eigenvalue weighted by Gasteiger charge is -2.03. The molecule has 0 saturated carbocycles. The number of ether oxygens (including phenoxy) is 1. The molecule has 2 heterocycles. The van der Waals surface area contributed by atoms with Gasteiger partial charge >= 0.3 is 0 Å². The van der Waals surface area contributed by atoms with Crippen LogP contribution in [0.4, 0.5) is 5.82 Å². The molecule has 0 aromatic carbocycles. The zero-order chi connectivity index (χ0) is 11.9. The van der Waals surface area contributed by atoms with Gasteiger partial charge in [0.25, 0.3) is 5.88 Å². The highest BCUT2D eigenvalue weighted by atomic mass is 16.5. The molecular weight excluding hydrogens is 218 g/mol. The molecule has 86 valence electrons. The van der Waals surface area contributed by atoms with Crippen LogP contribution < -0.4 is 10.2 Å². The molecule has 6 nitrogen and oxygen atoms in total. The standard InChI is InChI=1S/C11H11N5O/c1-17-11-10(13-6-7-14-11)16-15-8-9-4-2-3-5-12-9/h2-8H,1H3,(H,13,16). The van der Waals surface area contributed by atoms with Crippen molar-refractivity contribution in [1.29, 1.82) is 0 Å². The van der Waals surface area contributed by atoms with Gasteiger partial charge in [-0.3, -0.25) is 10.4 Å². The fourth-order valence-corrected chi connectivity index (χ4v) is 1.16. The molecule has 0 saturated heterocycles. The zero-order valence-corrected chi connectivity index (χ0v) is 9.24. The van der Waals surface area contributed by atoms with Crippen molar-refractivity contribution in [2.75, 3.05) is 12.5 Å². The molecule has 2 aromatic heterocycles. The summed E-state index contributed by atoms with van der Waals surface area (Å²) in [6.45, 7) is 0. The van der Waals surface area contributed by atoms with Gasteiger partial charge in [-0.25, -0.2) is 9.97 Å². The first-order valence-electron chi connectivity index (χ1n) is 4.95.